The lowest BCUT2D eigenvalue weighted by atomic mass is 10.1. The van der Waals surface area contributed by atoms with Crippen LogP contribution in [0.5, 0.6) is 17.2 Å². The van der Waals surface area contributed by atoms with Gasteiger partial charge in [0.25, 0.3) is 5.91 Å². The highest BCUT2D eigenvalue weighted by molar-refractivity contribution is 5.82. The van der Waals surface area contributed by atoms with Crippen LogP contribution in [0.15, 0.2) is 48.5 Å². The number of carbonyl (C=O) groups is 1. The van der Waals surface area contributed by atoms with E-state index in [-0.39, 0.29) is 18.6 Å². The number of rotatable bonds is 4. The molecule has 0 radical (unpaired) electrons. The summed E-state index contributed by atoms with van der Waals surface area (Å²) in [5, 5.41) is 2.95. The second-order valence-corrected chi connectivity index (χ2v) is 5.37. The van der Waals surface area contributed by atoms with E-state index in [0.717, 1.165) is 11.3 Å². The quantitative estimate of drug-likeness (QED) is 0.943. The van der Waals surface area contributed by atoms with E-state index >= 15 is 0 Å². The number of nitrogens with one attached hydrogen (secondary N) is 1. The Hall–Kier alpha value is -2.69. The van der Waals surface area contributed by atoms with Gasteiger partial charge in [-0.05, 0) is 36.8 Å². The first-order chi connectivity index (χ1) is 11.2. The van der Waals surface area contributed by atoms with Crippen LogP contribution < -0.4 is 19.5 Å². The van der Waals surface area contributed by atoms with E-state index in [0.29, 0.717) is 11.5 Å². The van der Waals surface area contributed by atoms with Gasteiger partial charge in [-0.1, -0.05) is 24.3 Å². The standard InChI is InChI=1S/C18H19NO4/c1-12(13-7-9-14(21-2)10-8-13)19-18(20)17-11-22-15-5-3-4-6-16(15)23-17/h3-10,12,17H,11H2,1-2H3,(H,19,20)/t12-,17-/m0/s1. The summed E-state index contributed by atoms with van der Waals surface area (Å²) in [7, 11) is 1.62. The lowest BCUT2D eigenvalue weighted by Crippen LogP contribution is -2.44. The summed E-state index contributed by atoms with van der Waals surface area (Å²) >= 11 is 0. The second-order valence-electron chi connectivity index (χ2n) is 5.37. The van der Waals surface area contributed by atoms with E-state index in [2.05, 4.69) is 5.32 Å². The molecule has 1 aliphatic heterocycles. The summed E-state index contributed by atoms with van der Waals surface area (Å²) in [6.07, 6.45) is -0.648. The van der Waals surface area contributed by atoms with Gasteiger partial charge in [0.15, 0.2) is 11.5 Å². The Balaban J connectivity index is 1.62. The number of fused-ring (bicyclic) bond motifs is 1. The highest BCUT2D eigenvalue weighted by Crippen LogP contribution is 2.31. The SMILES string of the molecule is COc1ccc([C@H](C)NC(=O)[C@@H]2COc3ccccc3O2)cc1. The number of hydrogen-bond acceptors (Lipinski definition) is 4. The van der Waals surface area contributed by atoms with Crippen molar-refractivity contribution in [2.45, 2.75) is 19.1 Å². The minimum atomic E-state index is -0.648. The molecule has 0 fully saturated rings. The molecule has 1 aliphatic rings. The first kappa shape index (κ1) is 15.2. The molecule has 0 unspecified atom stereocenters. The lowest BCUT2D eigenvalue weighted by molar-refractivity contribution is -0.131. The Kier molecular flexibility index (Phi) is 4.37. The maximum Gasteiger partial charge on any atom is 0.265 e. The average molecular weight is 313 g/mol. The normalized spacial score (nSPS) is 17.2. The summed E-state index contributed by atoms with van der Waals surface area (Å²) in [6, 6.07) is 14.8. The molecule has 2 aromatic carbocycles. The number of benzene rings is 2. The fraction of sp³-hybridized carbons (Fsp3) is 0.278. The van der Waals surface area contributed by atoms with Crippen molar-refractivity contribution in [2.75, 3.05) is 13.7 Å². The number of ether oxygens (including phenoxy) is 3. The Morgan fingerprint density at radius 2 is 1.87 bits per heavy atom. The van der Waals surface area contributed by atoms with Gasteiger partial charge in [-0.2, -0.15) is 0 Å². The Morgan fingerprint density at radius 3 is 2.57 bits per heavy atom. The minimum Gasteiger partial charge on any atom is -0.497 e. The van der Waals surface area contributed by atoms with Crippen molar-refractivity contribution in [1.29, 1.82) is 0 Å². The molecule has 2 atom stereocenters. The number of carbonyl (C=O) groups excluding carboxylic acids is 1. The Morgan fingerprint density at radius 1 is 1.17 bits per heavy atom. The number of hydrogen-bond donors (Lipinski definition) is 1. The Labute approximate surface area is 135 Å². The van der Waals surface area contributed by atoms with Crippen LogP contribution >= 0.6 is 0 Å². The van der Waals surface area contributed by atoms with E-state index in [1.165, 1.54) is 0 Å². The van der Waals surface area contributed by atoms with Crippen molar-refractivity contribution in [2.24, 2.45) is 0 Å². The zero-order valence-corrected chi connectivity index (χ0v) is 13.1. The van der Waals surface area contributed by atoms with Gasteiger partial charge < -0.3 is 19.5 Å². The molecule has 2 aromatic rings. The van der Waals surface area contributed by atoms with Crippen LogP contribution in [0.4, 0.5) is 0 Å². The van der Waals surface area contributed by atoms with Crippen LogP contribution in [0.25, 0.3) is 0 Å². The monoisotopic (exact) mass is 313 g/mol. The van der Waals surface area contributed by atoms with Crippen LogP contribution in [0, 0.1) is 0 Å². The molecule has 23 heavy (non-hydrogen) atoms. The second kappa shape index (κ2) is 6.60. The molecule has 5 nitrogen and oxygen atoms in total. The molecule has 0 aromatic heterocycles. The highest BCUT2D eigenvalue weighted by atomic mass is 16.6. The minimum absolute atomic E-state index is 0.130. The first-order valence-electron chi connectivity index (χ1n) is 7.50. The molecule has 0 aliphatic carbocycles. The topological polar surface area (TPSA) is 56.8 Å². The lowest BCUT2D eigenvalue weighted by Gasteiger charge is -2.26. The van der Waals surface area contributed by atoms with Gasteiger partial charge in [-0.3, -0.25) is 4.79 Å². The number of amides is 1. The van der Waals surface area contributed by atoms with E-state index in [1.807, 2.05) is 49.4 Å². The molecule has 1 N–H and O–H groups in total. The maximum atomic E-state index is 12.4. The van der Waals surface area contributed by atoms with Crippen LogP contribution in [-0.2, 0) is 4.79 Å². The number of methoxy groups -OCH3 is 1. The van der Waals surface area contributed by atoms with Crippen LogP contribution in [0.2, 0.25) is 0 Å². The van der Waals surface area contributed by atoms with Gasteiger partial charge in [0, 0.05) is 0 Å². The fourth-order valence-corrected chi connectivity index (χ4v) is 2.43. The van der Waals surface area contributed by atoms with Crippen molar-refractivity contribution >= 4 is 5.91 Å². The predicted octanol–water partition coefficient (Wildman–Crippen LogP) is 2.71. The molecular weight excluding hydrogens is 294 g/mol. The van der Waals surface area contributed by atoms with Crippen molar-refractivity contribution < 1.29 is 19.0 Å². The average Bonchev–Trinajstić information content (AvgIpc) is 2.61. The van der Waals surface area contributed by atoms with Gasteiger partial charge in [0.05, 0.1) is 13.2 Å². The fourth-order valence-electron chi connectivity index (χ4n) is 2.43. The highest BCUT2D eigenvalue weighted by Gasteiger charge is 2.28. The van der Waals surface area contributed by atoms with Crippen molar-refractivity contribution in [3.05, 3.63) is 54.1 Å². The van der Waals surface area contributed by atoms with Crippen LogP contribution in [0.1, 0.15) is 18.5 Å². The molecule has 0 saturated carbocycles. The number of para-hydroxylation sites is 2. The zero-order valence-electron chi connectivity index (χ0n) is 13.1. The van der Waals surface area contributed by atoms with E-state index in [4.69, 9.17) is 14.2 Å². The molecular formula is C18H19NO4. The van der Waals surface area contributed by atoms with E-state index < -0.39 is 6.10 Å². The molecule has 1 heterocycles. The molecule has 3 rings (SSSR count). The van der Waals surface area contributed by atoms with Crippen LogP contribution in [0.3, 0.4) is 0 Å². The maximum absolute atomic E-state index is 12.4. The van der Waals surface area contributed by atoms with Crippen LogP contribution in [-0.4, -0.2) is 25.7 Å². The Bertz CT molecular complexity index is 684. The van der Waals surface area contributed by atoms with Gasteiger partial charge in [0.1, 0.15) is 12.4 Å². The molecule has 0 spiro atoms. The van der Waals surface area contributed by atoms with Gasteiger partial charge in [-0.15, -0.1) is 0 Å². The third-order valence-electron chi connectivity index (χ3n) is 3.78. The third kappa shape index (κ3) is 3.39. The summed E-state index contributed by atoms with van der Waals surface area (Å²) in [4.78, 5) is 12.4. The van der Waals surface area contributed by atoms with E-state index in [1.54, 1.807) is 13.2 Å². The summed E-state index contributed by atoms with van der Waals surface area (Å²) in [5.41, 5.74) is 0.997. The summed E-state index contributed by atoms with van der Waals surface area (Å²) in [6.45, 7) is 2.13. The van der Waals surface area contributed by atoms with Gasteiger partial charge in [-0.25, -0.2) is 0 Å². The smallest absolute Gasteiger partial charge is 0.265 e. The first-order valence-corrected chi connectivity index (χ1v) is 7.50. The molecule has 1 amide bonds. The zero-order chi connectivity index (χ0) is 16.2. The molecule has 0 saturated heterocycles. The molecule has 0 bridgehead atoms. The van der Waals surface area contributed by atoms with Crippen molar-refractivity contribution in [1.82, 2.24) is 5.32 Å². The molecule has 120 valence electrons. The predicted molar refractivity (Wildman–Crippen MR) is 85.9 cm³/mol. The van der Waals surface area contributed by atoms with E-state index in [9.17, 15) is 4.79 Å². The molecule has 5 heteroatoms. The van der Waals surface area contributed by atoms with Crippen molar-refractivity contribution in [3.63, 3.8) is 0 Å². The summed E-state index contributed by atoms with van der Waals surface area (Å²) < 4.78 is 16.4. The largest absolute Gasteiger partial charge is 0.497 e. The van der Waals surface area contributed by atoms with Gasteiger partial charge in [0.2, 0.25) is 6.10 Å². The van der Waals surface area contributed by atoms with Crippen molar-refractivity contribution in [3.8, 4) is 17.2 Å². The van der Waals surface area contributed by atoms with Gasteiger partial charge >= 0.3 is 0 Å². The third-order valence-corrected chi connectivity index (χ3v) is 3.78. The summed E-state index contributed by atoms with van der Waals surface area (Å²) in [5.74, 6) is 1.85.